The average Bonchev–Trinajstić information content (AvgIpc) is 2.69. The topological polar surface area (TPSA) is 32.3 Å². The van der Waals surface area contributed by atoms with E-state index < -0.39 is 0 Å². The van der Waals surface area contributed by atoms with Crippen LogP contribution in [0.4, 0.5) is 0 Å². The van der Waals surface area contributed by atoms with Crippen molar-refractivity contribution in [2.45, 2.75) is 38.9 Å². The predicted molar refractivity (Wildman–Crippen MR) is 68.4 cm³/mol. The standard InChI is InChI=1S/C14H20N2O/c1-3-10-16-12(4-2)15-13(14(16)17)11-8-6-5-7-9-11/h5-9,12-13,15H,3-4,10H2,1-2H3. The van der Waals surface area contributed by atoms with Crippen LogP contribution in [0.5, 0.6) is 0 Å². The predicted octanol–water partition coefficient (Wildman–Crippen LogP) is 2.31. The Kier molecular flexibility index (Phi) is 3.79. The Hall–Kier alpha value is -1.35. The molecule has 0 aliphatic carbocycles. The van der Waals surface area contributed by atoms with Gasteiger partial charge in [0, 0.05) is 6.54 Å². The van der Waals surface area contributed by atoms with Crippen molar-refractivity contribution in [1.29, 1.82) is 0 Å². The third-order valence-electron chi connectivity index (χ3n) is 3.25. The van der Waals surface area contributed by atoms with Gasteiger partial charge in [-0.3, -0.25) is 10.1 Å². The molecule has 1 aromatic carbocycles. The van der Waals surface area contributed by atoms with Gasteiger partial charge in [0.15, 0.2) is 0 Å². The van der Waals surface area contributed by atoms with Gasteiger partial charge in [-0.05, 0) is 18.4 Å². The summed E-state index contributed by atoms with van der Waals surface area (Å²) in [6, 6.07) is 9.80. The zero-order valence-electron chi connectivity index (χ0n) is 10.5. The lowest BCUT2D eigenvalue weighted by Crippen LogP contribution is -2.37. The van der Waals surface area contributed by atoms with Crippen LogP contribution in [-0.4, -0.2) is 23.5 Å². The molecule has 1 saturated heterocycles. The monoisotopic (exact) mass is 232 g/mol. The summed E-state index contributed by atoms with van der Waals surface area (Å²) in [5.74, 6) is 0.213. The fourth-order valence-corrected chi connectivity index (χ4v) is 2.40. The van der Waals surface area contributed by atoms with Gasteiger partial charge < -0.3 is 4.90 Å². The van der Waals surface area contributed by atoms with Gasteiger partial charge >= 0.3 is 0 Å². The second kappa shape index (κ2) is 5.32. The Morgan fingerprint density at radius 3 is 2.53 bits per heavy atom. The highest BCUT2D eigenvalue weighted by Crippen LogP contribution is 2.25. The summed E-state index contributed by atoms with van der Waals surface area (Å²) in [5.41, 5.74) is 1.06. The average molecular weight is 232 g/mol. The number of hydrogen-bond acceptors (Lipinski definition) is 2. The minimum absolute atomic E-state index is 0.160. The fraction of sp³-hybridized carbons (Fsp3) is 0.500. The molecular weight excluding hydrogens is 212 g/mol. The molecule has 0 radical (unpaired) electrons. The summed E-state index contributed by atoms with van der Waals surface area (Å²) in [6.45, 7) is 5.06. The van der Waals surface area contributed by atoms with Crippen LogP contribution < -0.4 is 5.32 Å². The lowest BCUT2D eigenvalue weighted by molar-refractivity contribution is -0.130. The van der Waals surface area contributed by atoms with E-state index >= 15 is 0 Å². The summed E-state index contributed by atoms with van der Waals surface area (Å²) in [6.07, 6.45) is 2.15. The van der Waals surface area contributed by atoms with Crippen LogP contribution in [0.1, 0.15) is 38.3 Å². The summed E-state index contributed by atoms with van der Waals surface area (Å²) in [7, 11) is 0. The van der Waals surface area contributed by atoms with Crippen molar-refractivity contribution in [3.63, 3.8) is 0 Å². The maximum Gasteiger partial charge on any atom is 0.245 e. The molecule has 1 fully saturated rings. The quantitative estimate of drug-likeness (QED) is 0.864. The molecule has 3 nitrogen and oxygen atoms in total. The van der Waals surface area contributed by atoms with Gasteiger partial charge in [-0.15, -0.1) is 0 Å². The Morgan fingerprint density at radius 2 is 1.94 bits per heavy atom. The molecular formula is C14H20N2O. The lowest BCUT2D eigenvalue weighted by Gasteiger charge is -2.21. The van der Waals surface area contributed by atoms with E-state index in [-0.39, 0.29) is 18.1 Å². The van der Waals surface area contributed by atoms with E-state index in [0.29, 0.717) is 0 Å². The van der Waals surface area contributed by atoms with Crippen LogP contribution in [0.3, 0.4) is 0 Å². The van der Waals surface area contributed by atoms with Crippen molar-refractivity contribution in [1.82, 2.24) is 10.2 Å². The van der Waals surface area contributed by atoms with E-state index in [2.05, 4.69) is 19.2 Å². The van der Waals surface area contributed by atoms with Crippen LogP contribution in [0.25, 0.3) is 0 Å². The zero-order chi connectivity index (χ0) is 12.3. The van der Waals surface area contributed by atoms with E-state index in [0.717, 1.165) is 24.9 Å². The van der Waals surface area contributed by atoms with Gasteiger partial charge in [0.05, 0.1) is 6.17 Å². The molecule has 2 unspecified atom stereocenters. The molecule has 0 spiro atoms. The van der Waals surface area contributed by atoms with E-state index in [9.17, 15) is 4.79 Å². The smallest absolute Gasteiger partial charge is 0.245 e. The van der Waals surface area contributed by atoms with Crippen molar-refractivity contribution in [2.75, 3.05) is 6.54 Å². The summed E-state index contributed by atoms with van der Waals surface area (Å²) < 4.78 is 0. The van der Waals surface area contributed by atoms with Gasteiger partial charge in [0.25, 0.3) is 0 Å². The molecule has 1 amide bonds. The highest BCUT2D eigenvalue weighted by atomic mass is 16.2. The molecule has 2 atom stereocenters. The largest absolute Gasteiger partial charge is 0.326 e. The fourth-order valence-electron chi connectivity index (χ4n) is 2.40. The van der Waals surface area contributed by atoms with E-state index in [1.807, 2.05) is 35.2 Å². The molecule has 1 aromatic rings. The van der Waals surface area contributed by atoms with Crippen molar-refractivity contribution >= 4 is 5.91 Å². The van der Waals surface area contributed by atoms with Gasteiger partial charge in [-0.1, -0.05) is 44.2 Å². The Bertz CT molecular complexity index is 377. The van der Waals surface area contributed by atoms with Crippen LogP contribution >= 0.6 is 0 Å². The highest BCUT2D eigenvalue weighted by Gasteiger charge is 2.37. The summed E-state index contributed by atoms with van der Waals surface area (Å²) in [5, 5.41) is 3.42. The third kappa shape index (κ3) is 2.34. The molecule has 0 saturated carbocycles. The number of rotatable bonds is 4. The van der Waals surface area contributed by atoms with Gasteiger partial charge in [-0.2, -0.15) is 0 Å². The maximum absolute atomic E-state index is 12.3. The first-order valence-electron chi connectivity index (χ1n) is 6.39. The highest BCUT2D eigenvalue weighted by molar-refractivity contribution is 5.85. The molecule has 0 aromatic heterocycles. The van der Waals surface area contributed by atoms with Crippen LogP contribution in [0, 0.1) is 0 Å². The van der Waals surface area contributed by atoms with Crippen LogP contribution in [0.2, 0.25) is 0 Å². The first-order valence-corrected chi connectivity index (χ1v) is 6.39. The van der Waals surface area contributed by atoms with E-state index in [1.165, 1.54) is 0 Å². The van der Waals surface area contributed by atoms with Crippen LogP contribution in [-0.2, 0) is 4.79 Å². The first kappa shape index (κ1) is 12.1. The Morgan fingerprint density at radius 1 is 1.24 bits per heavy atom. The molecule has 2 rings (SSSR count). The number of amides is 1. The maximum atomic E-state index is 12.3. The summed E-state index contributed by atoms with van der Waals surface area (Å²) >= 11 is 0. The minimum Gasteiger partial charge on any atom is -0.326 e. The van der Waals surface area contributed by atoms with Gasteiger partial charge in [0.2, 0.25) is 5.91 Å². The molecule has 1 aliphatic rings. The number of nitrogens with one attached hydrogen (secondary N) is 1. The second-order valence-electron chi connectivity index (χ2n) is 4.47. The molecule has 1 aliphatic heterocycles. The Labute approximate surface area is 103 Å². The lowest BCUT2D eigenvalue weighted by atomic mass is 10.1. The number of benzene rings is 1. The molecule has 92 valence electrons. The van der Waals surface area contributed by atoms with Gasteiger partial charge in [0.1, 0.15) is 6.04 Å². The second-order valence-corrected chi connectivity index (χ2v) is 4.47. The molecule has 17 heavy (non-hydrogen) atoms. The molecule has 1 N–H and O–H groups in total. The van der Waals surface area contributed by atoms with Crippen molar-refractivity contribution in [3.05, 3.63) is 35.9 Å². The Balaban J connectivity index is 2.19. The van der Waals surface area contributed by atoms with Crippen LogP contribution in [0.15, 0.2) is 30.3 Å². The summed E-state index contributed by atoms with van der Waals surface area (Å²) in [4.78, 5) is 14.3. The minimum atomic E-state index is -0.160. The number of carbonyl (C=O) groups is 1. The van der Waals surface area contributed by atoms with Crippen molar-refractivity contribution in [3.8, 4) is 0 Å². The van der Waals surface area contributed by atoms with E-state index in [1.54, 1.807) is 0 Å². The molecule has 1 heterocycles. The van der Waals surface area contributed by atoms with E-state index in [4.69, 9.17) is 0 Å². The van der Waals surface area contributed by atoms with Gasteiger partial charge in [-0.25, -0.2) is 0 Å². The number of nitrogens with zero attached hydrogens (tertiary/aromatic N) is 1. The number of hydrogen-bond donors (Lipinski definition) is 1. The normalized spacial score (nSPS) is 24.4. The molecule has 3 heteroatoms. The number of carbonyl (C=O) groups excluding carboxylic acids is 1. The SMILES string of the molecule is CCCN1C(=O)C(c2ccccc2)NC1CC. The first-order chi connectivity index (χ1) is 8.27. The third-order valence-corrected chi connectivity index (χ3v) is 3.25. The van der Waals surface area contributed by atoms with Crippen molar-refractivity contribution < 1.29 is 4.79 Å². The zero-order valence-corrected chi connectivity index (χ0v) is 10.5. The van der Waals surface area contributed by atoms with Crippen molar-refractivity contribution in [2.24, 2.45) is 0 Å². The molecule has 0 bridgehead atoms.